The third kappa shape index (κ3) is 1.93. The fraction of sp³-hybridized carbons (Fsp3) is 0.143. The molecule has 4 heteroatoms. The van der Waals surface area contributed by atoms with Gasteiger partial charge in [-0.05, 0) is 31.2 Å². The van der Waals surface area contributed by atoms with Gasteiger partial charge < -0.3 is 9.72 Å². The highest BCUT2D eigenvalue weighted by atomic mass is 16.5. The number of fused-ring (bicyclic) bond motifs is 1. The van der Waals surface area contributed by atoms with E-state index in [-0.39, 0.29) is 0 Å². The van der Waals surface area contributed by atoms with Crippen LogP contribution in [0.2, 0.25) is 0 Å². The first-order valence-corrected chi connectivity index (χ1v) is 5.90. The fourth-order valence-electron chi connectivity index (χ4n) is 1.90. The van der Waals surface area contributed by atoms with E-state index in [2.05, 4.69) is 15.0 Å². The number of imidazole rings is 1. The Balaban J connectivity index is 2.06. The molecule has 0 aliphatic heterocycles. The van der Waals surface area contributed by atoms with Gasteiger partial charge in [0, 0.05) is 17.8 Å². The largest absolute Gasteiger partial charge is 0.494 e. The molecule has 0 atom stereocenters. The summed E-state index contributed by atoms with van der Waals surface area (Å²) in [5.41, 5.74) is 1.78. The summed E-state index contributed by atoms with van der Waals surface area (Å²) in [6.07, 6.45) is 3.51. The molecule has 2 aromatic heterocycles. The maximum absolute atomic E-state index is 5.47. The van der Waals surface area contributed by atoms with Gasteiger partial charge in [0.25, 0.3) is 0 Å². The monoisotopic (exact) mass is 239 g/mol. The summed E-state index contributed by atoms with van der Waals surface area (Å²) in [4.78, 5) is 11.8. The summed E-state index contributed by atoms with van der Waals surface area (Å²) in [6.45, 7) is 2.64. The zero-order chi connectivity index (χ0) is 12.4. The van der Waals surface area contributed by atoms with Gasteiger partial charge in [0.2, 0.25) is 0 Å². The highest BCUT2D eigenvalue weighted by Crippen LogP contribution is 2.22. The first-order valence-electron chi connectivity index (χ1n) is 5.90. The van der Waals surface area contributed by atoms with Crippen LogP contribution >= 0.6 is 0 Å². The Kier molecular flexibility index (Phi) is 2.68. The first kappa shape index (κ1) is 10.8. The summed E-state index contributed by atoms with van der Waals surface area (Å²) in [6, 6.07) is 9.88. The highest BCUT2D eigenvalue weighted by molar-refractivity contribution is 5.82. The highest BCUT2D eigenvalue weighted by Gasteiger charge is 2.04. The Morgan fingerprint density at radius 3 is 2.94 bits per heavy atom. The minimum absolute atomic E-state index is 0.670. The van der Waals surface area contributed by atoms with Crippen molar-refractivity contribution in [2.45, 2.75) is 6.92 Å². The van der Waals surface area contributed by atoms with Crippen LogP contribution in [-0.4, -0.2) is 21.6 Å². The van der Waals surface area contributed by atoms with E-state index in [1.54, 1.807) is 12.4 Å². The number of rotatable bonds is 3. The average molecular weight is 239 g/mol. The third-order valence-electron chi connectivity index (χ3n) is 2.71. The molecule has 0 fully saturated rings. The topological polar surface area (TPSA) is 50.8 Å². The van der Waals surface area contributed by atoms with Gasteiger partial charge in [-0.1, -0.05) is 6.07 Å². The molecule has 0 saturated heterocycles. The van der Waals surface area contributed by atoms with E-state index in [9.17, 15) is 0 Å². The molecule has 0 saturated carbocycles. The van der Waals surface area contributed by atoms with Crippen molar-refractivity contribution in [2.75, 3.05) is 6.61 Å². The number of hydrogen-bond acceptors (Lipinski definition) is 3. The lowest BCUT2D eigenvalue weighted by Crippen LogP contribution is -1.92. The minimum Gasteiger partial charge on any atom is -0.494 e. The molecular weight excluding hydrogens is 226 g/mol. The number of aromatic amines is 1. The third-order valence-corrected chi connectivity index (χ3v) is 2.71. The number of ether oxygens (including phenoxy) is 1. The Bertz CT molecular complexity index is 662. The smallest absolute Gasteiger partial charge is 0.155 e. The van der Waals surface area contributed by atoms with E-state index < -0.39 is 0 Å². The van der Waals surface area contributed by atoms with Crippen molar-refractivity contribution in [1.29, 1.82) is 0 Å². The van der Waals surface area contributed by atoms with Crippen LogP contribution < -0.4 is 4.74 Å². The molecule has 0 aliphatic rings. The Labute approximate surface area is 105 Å². The molecule has 2 heterocycles. The predicted octanol–water partition coefficient (Wildman–Crippen LogP) is 3.02. The number of hydrogen-bond donors (Lipinski definition) is 1. The van der Waals surface area contributed by atoms with Crippen molar-refractivity contribution in [2.24, 2.45) is 0 Å². The number of nitrogens with one attached hydrogen (secondary N) is 1. The lowest BCUT2D eigenvalue weighted by molar-refractivity contribution is 0.340. The van der Waals surface area contributed by atoms with Crippen molar-refractivity contribution in [1.82, 2.24) is 15.0 Å². The van der Waals surface area contributed by atoms with Gasteiger partial charge in [0.05, 0.1) is 12.1 Å². The van der Waals surface area contributed by atoms with E-state index in [1.807, 2.05) is 37.3 Å². The second-order valence-corrected chi connectivity index (χ2v) is 3.92. The zero-order valence-electron chi connectivity index (χ0n) is 10.1. The molecule has 0 radical (unpaired) electrons. The lowest BCUT2D eigenvalue weighted by atomic mass is 10.2. The standard InChI is InChI=1S/C14H13N3O/c1-2-18-11-4-6-12-10(9-11)3-5-13(17-12)14-15-7-8-16-14/h3-9H,2H2,1H3,(H,15,16). The van der Waals surface area contributed by atoms with Crippen LogP contribution in [-0.2, 0) is 0 Å². The molecule has 0 amide bonds. The normalized spacial score (nSPS) is 10.7. The van der Waals surface area contributed by atoms with Crippen molar-refractivity contribution < 1.29 is 4.74 Å². The molecule has 0 unspecified atom stereocenters. The Morgan fingerprint density at radius 1 is 1.22 bits per heavy atom. The van der Waals surface area contributed by atoms with E-state index >= 15 is 0 Å². The molecular formula is C14H13N3O. The molecule has 0 bridgehead atoms. The number of H-pyrrole nitrogens is 1. The van der Waals surface area contributed by atoms with Gasteiger partial charge in [0.15, 0.2) is 5.82 Å². The van der Waals surface area contributed by atoms with Gasteiger partial charge in [-0.2, -0.15) is 0 Å². The van der Waals surface area contributed by atoms with Gasteiger partial charge in [-0.3, -0.25) is 0 Å². The van der Waals surface area contributed by atoms with Gasteiger partial charge >= 0.3 is 0 Å². The Hall–Kier alpha value is -2.36. The summed E-state index contributed by atoms with van der Waals surface area (Å²) in [5, 5.41) is 1.07. The summed E-state index contributed by atoms with van der Waals surface area (Å²) >= 11 is 0. The molecule has 1 N–H and O–H groups in total. The molecule has 3 aromatic rings. The van der Waals surface area contributed by atoms with Gasteiger partial charge in [-0.25, -0.2) is 9.97 Å². The number of pyridine rings is 1. The van der Waals surface area contributed by atoms with E-state index in [0.717, 1.165) is 28.2 Å². The van der Waals surface area contributed by atoms with Gasteiger partial charge in [0.1, 0.15) is 11.4 Å². The van der Waals surface area contributed by atoms with Crippen LogP contribution in [0.1, 0.15) is 6.92 Å². The first-order chi connectivity index (χ1) is 8.86. The summed E-state index contributed by atoms with van der Waals surface area (Å²) in [5.74, 6) is 1.66. The molecule has 3 rings (SSSR count). The fourth-order valence-corrected chi connectivity index (χ4v) is 1.90. The molecule has 4 nitrogen and oxygen atoms in total. The van der Waals surface area contributed by atoms with Crippen LogP contribution in [0.25, 0.3) is 22.4 Å². The zero-order valence-corrected chi connectivity index (χ0v) is 10.1. The van der Waals surface area contributed by atoms with Gasteiger partial charge in [-0.15, -0.1) is 0 Å². The van der Waals surface area contributed by atoms with Crippen molar-refractivity contribution >= 4 is 10.9 Å². The van der Waals surface area contributed by atoms with Crippen molar-refractivity contribution in [3.63, 3.8) is 0 Å². The van der Waals surface area contributed by atoms with Crippen LogP contribution in [0.3, 0.4) is 0 Å². The summed E-state index contributed by atoms with van der Waals surface area (Å²) < 4.78 is 5.47. The second-order valence-electron chi connectivity index (χ2n) is 3.92. The molecule has 1 aromatic carbocycles. The lowest BCUT2D eigenvalue weighted by Gasteiger charge is -2.05. The summed E-state index contributed by atoms with van der Waals surface area (Å²) in [7, 11) is 0. The number of nitrogens with zero attached hydrogens (tertiary/aromatic N) is 2. The maximum atomic E-state index is 5.47. The predicted molar refractivity (Wildman–Crippen MR) is 70.5 cm³/mol. The second kappa shape index (κ2) is 4.49. The van der Waals surface area contributed by atoms with E-state index in [1.165, 1.54) is 0 Å². The Morgan fingerprint density at radius 2 is 2.17 bits per heavy atom. The minimum atomic E-state index is 0.670. The number of aromatic nitrogens is 3. The average Bonchev–Trinajstić information content (AvgIpc) is 2.92. The quantitative estimate of drug-likeness (QED) is 0.764. The molecule has 0 aliphatic carbocycles. The molecule has 18 heavy (non-hydrogen) atoms. The van der Waals surface area contributed by atoms with Crippen LogP contribution in [0.15, 0.2) is 42.7 Å². The SMILES string of the molecule is CCOc1ccc2nc(-c3ncc[nH]3)ccc2c1. The van der Waals surface area contributed by atoms with E-state index in [0.29, 0.717) is 6.61 Å². The number of benzene rings is 1. The van der Waals surface area contributed by atoms with Crippen LogP contribution in [0, 0.1) is 0 Å². The molecule has 90 valence electrons. The van der Waals surface area contributed by atoms with Crippen LogP contribution in [0.4, 0.5) is 0 Å². The maximum Gasteiger partial charge on any atom is 0.155 e. The van der Waals surface area contributed by atoms with Crippen molar-refractivity contribution in [3.8, 4) is 17.3 Å². The van der Waals surface area contributed by atoms with Crippen molar-refractivity contribution in [3.05, 3.63) is 42.7 Å². The van der Waals surface area contributed by atoms with Crippen LogP contribution in [0.5, 0.6) is 5.75 Å². The van der Waals surface area contributed by atoms with E-state index in [4.69, 9.17) is 4.74 Å². The molecule has 0 spiro atoms.